The molecule has 4 heteroatoms. The second-order valence-electron chi connectivity index (χ2n) is 5.62. The minimum absolute atomic E-state index is 0.0180. The van der Waals surface area contributed by atoms with E-state index in [1.54, 1.807) is 4.90 Å². The number of hydrogen-bond acceptors (Lipinski definition) is 2. The minimum atomic E-state index is -0.856. The van der Waals surface area contributed by atoms with Gasteiger partial charge >= 0.3 is 5.97 Å². The van der Waals surface area contributed by atoms with Crippen LogP contribution in [0.3, 0.4) is 0 Å². The molecule has 1 N–H and O–H groups in total. The van der Waals surface area contributed by atoms with Crippen LogP contribution in [0.15, 0.2) is 0 Å². The maximum atomic E-state index is 12.1. The quantitative estimate of drug-likeness (QED) is 0.796. The van der Waals surface area contributed by atoms with Gasteiger partial charge in [-0.2, -0.15) is 0 Å². The third kappa shape index (κ3) is 3.22. The van der Waals surface area contributed by atoms with Crippen LogP contribution in [0.1, 0.15) is 40.5 Å². The Labute approximate surface area is 96.6 Å². The van der Waals surface area contributed by atoms with Crippen molar-refractivity contribution in [3.8, 4) is 0 Å². The summed E-state index contributed by atoms with van der Waals surface area (Å²) in [7, 11) is 0. The number of rotatable bonds is 4. The number of carbonyl (C=O) groups is 2. The molecule has 1 fully saturated rings. The highest BCUT2D eigenvalue weighted by Gasteiger charge is 2.43. The van der Waals surface area contributed by atoms with E-state index >= 15 is 0 Å². The summed E-state index contributed by atoms with van der Waals surface area (Å²) in [4.78, 5) is 24.4. The van der Waals surface area contributed by atoms with Gasteiger partial charge in [-0.15, -0.1) is 0 Å². The fraction of sp³-hybridized carbons (Fsp3) is 0.833. The van der Waals surface area contributed by atoms with Crippen LogP contribution in [0.5, 0.6) is 0 Å². The van der Waals surface area contributed by atoms with Gasteiger partial charge in [-0.1, -0.05) is 6.92 Å². The molecule has 0 bridgehead atoms. The van der Waals surface area contributed by atoms with Crippen molar-refractivity contribution in [1.29, 1.82) is 0 Å². The highest BCUT2D eigenvalue weighted by Crippen LogP contribution is 2.40. The van der Waals surface area contributed by atoms with Crippen molar-refractivity contribution in [1.82, 2.24) is 4.90 Å². The normalized spacial score (nSPS) is 24.0. The predicted octanol–water partition coefficient (Wildman–Crippen LogP) is 1.74. The van der Waals surface area contributed by atoms with E-state index in [9.17, 15) is 9.59 Å². The van der Waals surface area contributed by atoms with Gasteiger partial charge in [-0.25, -0.2) is 0 Å². The van der Waals surface area contributed by atoms with Gasteiger partial charge in [0.1, 0.15) is 0 Å². The Morgan fingerprint density at radius 1 is 1.38 bits per heavy atom. The summed E-state index contributed by atoms with van der Waals surface area (Å²) in [5.41, 5.74) is -0.297. The molecule has 0 aromatic rings. The Balaban J connectivity index is 2.64. The molecule has 0 heterocycles. The molecular formula is C12H21NO3. The number of aliphatic carboxylic acids is 1. The van der Waals surface area contributed by atoms with Crippen LogP contribution in [0.2, 0.25) is 0 Å². The molecule has 4 nitrogen and oxygen atoms in total. The molecule has 1 saturated carbocycles. The van der Waals surface area contributed by atoms with Crippen molar-refractivity contribution in [2.24, 2.45) is 11.8 Å². The number of carboxylic acid groups (broad SMARTS) is 1. The minimum Gasteiger partial charge on any atom is -0.481 e. The Bertz CT molecular complexity index is 293. The van der Waals surface area contributed by atoms with Crippen molar-refractivity contribution in [3.05, 3.63) is 0 Å². The number of hydrogen-bond donors (Lipinski definition) is 1. The van der Waals surface area contributed by atoms with Crippen molar-refractivity contribution < 1.29 is 14.7 Å². The molecule has 0 radical (unpaired) electrons. The van der Waals surface area contributed by atoms with Crippen LogP contribution in [-0.4, -0.2) is 34.0 Å². The molecule has 16 heavy (non-hydrogen) atoms. The Hall–Kier alpha value is -1.06. The maximum Gasteiger partial charge on any atom is 0.305 e. The third-order valence-corrected chi connectivity index (χ3v) is 3.05. The summed E-state index contributed by atoms with van der Waals surface area (Å²) in [6.45, 7) is 8.20. The Kier molecular flexibility index (Phi) is 3.61. The van der Waals surface area contributed by atoms with Crippen molar-refractivity contribution in [3.63, 3.8) is 0 Å². The predicted molar refractivity (Wildman–Crippen MR) is 61.0 cm³/mol. The van der Waals surface area contributed by atoms with E-state index in [4.69, 9.17) is 5.11 Å². The highest BCUT2D eigenvalue weighted by atomic mass is 16.4. The average Bonchev–Trinajstić information content (AvgIpc) is 2.79. The SMILES string of the molecule is CC1CC1C(=O)N(CCC(=O)O)C(C)(C)C. The molecule has 1 amide bonds. The number of amides is 1. The molecule has 0 saturated heterocycles. The number of nitrogens with zero attached hydrogens (tertiary/aromatic N) is 1. The van der Waals surface area contributed by atoms with Gasteiger partial charge in [0.15, 0.2) is 0 Å². The standard InChI is InChI=1S/C12H21NO3/c1-8-7-9(8)11(16)13(12(2,3)4)6-5-10(14)15/h8-9H,5-7H2,1-4H3,(H,14,15). The van der Waals surface area contributed by atoms with Crippen LogP contribution < -0.4 is 0 Å². The highest BCUT2D eigenvalue weighted by molar-refractivity contribution is 5.82. The zero-order valence-corrected chi connectivity index (χ0v) is 10.5. The zero-order valence-electron chi connectivity index (χ0n) is 10.5. The van der Waals surface area contributed by atoms with Crippen molar-refractivity contribution >= 4 is 11.9 Å². The average molecular weight is 227 g/mol. The number of carbonyl (C=O) groups excluding carboxylic acids is 1. The van der Waals surface area contributed by atoms with Gasteiger partial charge in [-0.3, -0.25) is 9.59 Å². The summed E-state index contributed by atoms with van der Waals surface area (Å²) in [5.74, 6) is -0.164. The molecule has 2 atom stereocenters. The van der Waals surface area contributed by atoms with Gasteiger partial charge in [0.25, 0.3) is 0 Å². The van der Waals surface area contributed by atoms with Gasteiger partial charge in [-0.05, 0) is 33.1 Å². The molecule has 0 aliphatic heterocycles. The first-order valence-electron chi connectivity index (χ1n) is 5.76. The molecule has 92 valence electrons. The van der Waals surface area contributed by atoms with E-state index < -0.39 is 5.97 Å². The second-order valence-corrected chi connectivity index (χ2v) is 5.62. The van der Waals surface area contributed by atoms with Crippen LogP contribution >= 0.6 is 0 Å². The summed E-state index contributed by atoms with van der Waals surface area (Å²) >= 11 is 0. The number of carboxylic acids is 1. The van der Waals surface area contributed by atoms with Crippen molar-refractivity contribution in [2.75, 3.05) is 6.54 Å². The Morgan fingerprint density at radius 2 is 1.88 bits per heavy atom. The molecule has 0 spiro atoms. The smallest absolute Gasteiger partial charge is 0.305 e. The van der Waals surface area contributed by atoms with E-state index in [1.807, 2.05) is 20.8 Å². The second kappa shape index (κ2) is 4.44. The summed E-state index contributed by atoms with van der Waals surface area (Å²) in [6.07, 6.45) is 0.961. The summed E-state index contributed by atoms with van der Waals surface area (Å²) < 4.78 is 0. The fourth-order valence-electron chi connectivity index (χ4n) is 1.85. The fourth-order valence-corrected chi connectivity index (χ4v) is 1.85. The first kappa shape index (κ1) is 13.0. The molecule has 1 rings (SSSR count). The lowest BCUT2D eigenvalue weighted by atomic mass is 10.0. The summed E-state index contributed by atoms with van der Waals surface area (Å²) in [6, 6.07) is 0. The van der Waals surface area contributed by atoms with Crippen LogP contribution in [0, 0.1) is 11.8 Å². The van der Waals surface area contributed by atoms with Crippen LogP contribution in [0.25, 0.3) is 0 Å². The first-order valence-corrected chi connectivity index (χ1v) is 5.76. The van der Waals surface area contributed by atoms with E-state index in [0.29, 0.717) is 12.5 Å². The Morgan fingerprint density at radius 3 is 2.19 bits per heavy atom. The van der Waals surface area contributed by atoms with Crippen LogP contribution in [0.4, 0.5) is 0 Å². The lowest BCUT2D eigenvalue weighted by Crippen LogP contribution is -2.47. The molecule has 0 aromatic heterocycles. The van der Waals surface area contributed by atoms with Gasteiger partial charge < -0.3 is 10.0 Å². The third-order valence-electron chi connectivity index (χ3n) is 3.05. The van der Waals surface area contributed by atoms with E-state index in [-0.39, 0.29) is 23.8 Å². The van der Waals surface area contributed by atoms with Crippen LogP contribution in [-0.2, 0) is 9.59 Å². The van der Waals surface area contributed by atoms with Gasteiger partial charge in [0.2, 0.25) is 5.91 Å². The largest absolute Gasteiger partial charge is 0.481 e. The summed E-state index contributed by atoms with van der Waals surface area (Å²) in [5, 5.41) is 8.68. The van der Waals surface area contributed by atoms with Gasteiger partial charge in [0.05, 0.1) is 6.42 Å². The lowest BCUT2D eigenvalue weighted by molar-refractivity contribution is -0.141. The van der Waals surface area contributed by atoms with E-state index in [1.165, 1.54) is 0 Å². The molecular weight excluding hydrogens is 206 g/mol. The molecule has 2 unspecified atom stereocenters. The molecule has 1 aliphatic carbocycles. The lowest BCUT2D eigenvalue weighted by Gasteiger charge is -2.35. The zero-order chi connectivity index (χ0) is 12.5. The molecule has 1 aliphatic rings. The topological polar surface area (TPSA) is 57.6 Å². The van der Waals surface area contributed by atoms with E-state index in [0.717, 1.165) is 6.42 Å². The van der Waals surface area contributed by atoms with Gasteiger partial charge in [0, 0.05) is 18.0 Å². The van der Waals surface area contributed by atoms with Crippen molar-refractivity contribution in [2.45, 2.75) is 46.1 Å². The maximum absolute atomic E-state index is 12.1. The molecule has 0 aromatic carbocycles. The monoisotopic (exact) mass is 227 g/mol. The first-order chi connectivity index (χ1) is 7.23. The van der Waals surface area contributed by atoms with E-state index in [2.05, 4.69) is 6.92 Å².